The molecule has 1 rings (SSSR count). The molecule has 1 atom stereocenters. The van der Waals surface area contributed by atoms with E-state index < -0.39 is 6.03 Å². The number of rotatable bonds is 2. The van der Waals surface area contributed by atoms with Crippen LogP contribution in [0.4, 0.5) is 4.79 Å². The Hall–Kier alpha value is -1.14. The zero-order valence-corrected chi connectivity index (χ0v) is 9.88. The summed E-state index contributed by atoms with van der Waals surface area (Å²) in [5.41, 5.74) is 0. The lowest BCUT2D eigenvalue weighted by molar-refractivity contribution is -0.124. The van der Waals surface area contributed by atoms with Gasteiger partial charge in [0.25, 0.3) is 0 Å². The Bertz CT molecular complexity index is 249. The minimum atomic E-state index is -0.454. The molecule has 1 saturated heterocycles. The molecule has 0 aromatic carbocycles. The standard InChI is InChI=1S/C10H20N4O2/c1-8(9(15)13-10(16)11-2)14-6-3-4-12-5-7-14/h8,12H,3-7H2,1-2H3,(H2,11,13,15,16). The number of hydrogen-bond acceptors (Lipinski definition) is 4. The van der Waals surface area contributed by atoms with Gasteiger partial charge in [0.1, 0.15) is 0 Å². The lowest BCUT2D eigenvalue weighted by atomic mass is 10.2. The van der Waals surface area contributed by atoms with Gasteiger partial charge in [0, 0.05) is 26.7 Å². The third-order valence-corrected chi connectivity index (χ3v) is 2.77. The molecule has 0 saturated carbocycles. The topological polar surface area (TPSA) is 73.5 Å². The molecular weight excluding hydrogens is 208 g/mol. The van der Waals surface area contributed by atoms with Crippen molar-refractivity contribution in [2.75, 3.05) is 33.2 Å². The molecule has 1 aliphatic heterocycles. The van der Waals surface area contributed by atoms with Gasteiger partial charge in [0.05, 0.1) is 6.04 Å². The second-order valence-electron chi connectivity index (χ2n) is 3.88. The van der Waals surface area contributed by atoms with E-state index in [-0.39, 0.29) is 11.9 Å². The van der Waals surface area contributed by atoms with Crippen LogP contribution < -0.4 is 16.0 Å². The summed E-state index contributed by atoms with van der Waals surface area (Å²) in [7, 11) is 1.49. The molecule has 0 spiro atoms. The van der Waals surface area contributed by atoms with Gasteiger partial charge in [-0.15, -0.1) is 0 Å². The summed E-state index contributed by atoms with van der Waals surface area (Å²) in [5, 5.41) is 7.93. The van der Waals surface area contributed by atoms with Crippen LogP contribution in [-0.2, 0) is 4.79 Å². The number of nitrogens with zero attached hydrogens (tertiary/aromatic N) is 1. The molecule has 0 radical (unpaired) electrons. The highest BCUT2D eigenvalue weighted by Gasteiger charge is 2.22. The van der Waals surface area contributed by atoms with E-state index >= 15 is 0 Å². The molecule has 1 fully saturated rings. The zero-order chi connectivity index (χ0) is 12.0. The van der Waals surface area contributed by atoms with Crippen molar-refractivity contribution in [1.29, 1.82) is 0 Å². The van der Waals surface area contributed by atoms with Crippen LogP contribution in [0.1, 0.15) is 13.3 Å². The SMILES string of the molecule is CNC(=O)NC(=O)C(C)N1CCCNCC1. The van der Waals surface area contributed by atoms with Gasteiger partial charge in [0.15, 0.2) is 0 Å². The number of carbonyl (C=O) groups excluding carboxylic acids is 2. The second-order valence-corrected chi connectivity index (χ2v) is 3.88. The highest BCUT2D eigenvalue weighted by molar-refractivity contribution is 5.96. The van der Waals surface area contributed by atoms with Crippen molar-refractivity contribution in [2.24, 2.45) is 0 Å². The summed E-state index contributed by atoms with van der Waals surface area (Å²) in [4.78, 5) is 24.8. The number of hydrogen-bond donors (Lipinski definition) is 3. The summed E-state index contributed by atoms with van der Waals surface area (Å²) in [6.07, 6.45) is 1.03. The second kappa shape index (κ2) is 6.44. The lowest BCUT2D eigenvalue weighted by Gasteiger charge is -2.25. The van der Waals surface area contributed by atoms with Crippen LogP contribution in [0.2, 0.25) is 0 Å². The highest BCUT2D eigenvalue weighted by Crippen LogP contribution is 2.02. The summed E-state index contributed by atoms with van der Waals surface area (Å²) in [6, 6.07) is -0.720. The molecular formula is C10H20N4O2. The van der Waals surface area contributed by atoms with Crippen molar-refractivity contribution in [1.82, 2.24) is 20.9 Å². The minimum absolute atomic E-state index is 0.249. The van der Waals surface area contributed by atoms with Crippen LogP contribution in [0, 0.1) is 0 Å². The molecule has 3 N–H and O–H groups in total. The monoisotopic (exact) mass is 228 g/mol. The predicted octanol–water partition coefficient (Wildman–Crippen LogP) is -0.874. The Morgan fingerprint density at radius 1 is 1.31 bits per heavy atom. The van der Waals surface area contributed by atoms with Crippen molar-refractivity contribution in [3.63, 3.8) is 0 Å². The van der Waals surface area contributed by atoms with Crippen LogP contribution in [0.5, 0.6) is 0 Å². The van der Waals surface area contributed by atoms with Gasteiger partial charge in [-0.25, -0.2) is 4.79 Å². The first kappa shape index (κ1) is 12.9. The van der Waals surface area contributed by atoms with E-state index in [1.165, 1.54) is 7.05 Å². The minimum Gasteiger partial charge on any atom is -0.341 e. The lowest BCUT2D eigenvalue weighted by Crippen LogP contribution is -2.49. The van der Waals surface area contributed by atoms with E-state index in [2.05, 4.69) is 20.9 Å². The predicted molar refractivity (Wildman–Crippen MR) is 61.1 cm³/mol. The molecule has 1 unspecified atom stereocenters. The smallest absolute Gasteiger partial charge is 0.321 e. The van der Waals surface area contributed by atoms with Crippen LogP contribution in [0.3, 0.4) is 0 Å². The van der Waals surface area contributed by atoms with E-state index in [4.69, 9.17) is 0 Å². The number of amides is 3. The fraction of sp³-hybridized carbons (Fsp3) is 0.800. The maximum absolute atomic E-state index is 11.7. The van der Waals surface area contributed by atoms with Gasteiger partial charge in [-0.2, -0.15) is 0 Å². The first-order valence-electron chi connectivity index (χ1n) is 5.62. The van der Waals surface area contributed by atoms with Gasteiger partial charge in [-0.05, 0) is 19.9 Å². The normalized spacial score (nSPS) is 19.6. The van der Waals surface area contributed by atoms with E-state index in [1.54, 1.807) is 0 Å². The average Bonchev–Trinajstić information content (AvgIpc) is 2.56. The first-order valence-corrected chi connectivity index (χ1v) is 5.62. The third kappa shape index (κ3) is 3.79. The molecule has 0 aromatic rings. The van der Waals surface area contributed by atoms with Crippen LogP contribution in [-0.4, -0.2) is 56.1 Å². The van der Waals surface area contributed by atoms with E-state index in [0.717, 1.165) is 32.6 Å². The average molecular weight is 228 g/mol. The summed E-state index contributed by atoms with van der Waals surface area (Å²) >= 11 is 0. The Kier molecular flexibility index (Phi) is 5.21. The fourth-order valence-electron chi connectivity index (χ4n) is 1.70. The maximum atomic E-state index is 11.7. The first-order chi connectivity index (χ1) is 7.65. The zero-order valence-electron chi connectivity index (χ0n) is 9.88. The molecule has 3 amide bonds. The summed E-state index contributed by atoms with van der Waals surface area (Å²) in [5.74, 6) is -0.249. The molecule has 1 aliphatic rings. The van der Waals surface area contributed by atoms with E-state index in [0.29, 0.717) is 0 Å². The Labute approximate surface area is 95.8 Å². The van der Waals surface area contributed by atoms with Crippen LogP contribution in [0.15, 0.2) is 0 Å². The van der Waals surface area contributed by atoms with Crippen molar-refractivity contribution in [3.05, 3.63) is 0 Å². The molecule has 6 heteroatoms. The molecule has 92 valence electrons. The number of imide groups is 1. The van der Waals surface area contributed by atoms with Gasteiger partial charge in [-0.3, -0.25) is 15.0 Å². The van der Waals surface area contributed by atoms with Crippen molar-refractivity contribution < 1.29 is 9.59 Å². The van der Waals surface area contributed by atoms with Gasteiger partial charge < -0.3 is 10.6 Å². The van der Waals surface area contributed by atoms with E-state index in [9.17, 15) is 9.59 Å². The van der Waals surface area contributed by atoms with Gasteiger partial charge >= 0.3 is 6.03 Å². The van der Waals surface area contributed by atoms with Crippen molar-refractivity contribution >= 4 is 11.9 Å². The summed E-state index contributed by atoms with van der Waals surface area (Å²) in [6.45, 7) is 5.42. The van der Waals surface area contributed by atoms with E-state index in [1.807, 2.05) is 6.92 Å². The largest absolute Gasteiger partial charge is 0.341 e. The van der Waals surface area contributed by atoms with Crippen LogP contribution >= 0.6 is 0 Å². The number of nitrogens with one attached hydrogen (secondary N) is 3. The molecule has 0 aromatic heterocycles. The number of carbonyl (C=O) groups is 2. The van der Waals surface area contributed by atoms with Crippen LogP contribution in [0.25, 0.3) is 0 Å². The van der Waals surface area contributed by atoms with Crippen molar-refractivity contribution in [3.8, 4) is 0 Å². The molecule has 1 heterocycles. The molecule has 16 heavy (non-hydrogen) atoms. The maximum Gasteiger partial charge on any atom is 0.321 e. The quantitative estimate of drug-likeness (QED) is 0.574. The Morgan fingerprint density at radius 2 is 2.06 bits per heavy atom. The van der Waals surface area contributed by atoms with Gasteiger partial charge in [0.2, 0.25) is 5.91 Å². The number of urea groups is 1. The molecule has 6 nitrogen and oxygen atoms in total. The summed E-state index contributed by atoms with van der Waals surface area (Å²) < 4.78 is 0. The molecule has 0 bridgehead atoms. The Morgan fingerprint density at radius 3 is 2.75 bits per heavy atom. The third-order valence-electron chi connectivity index (χ3n) is 2.77. The van der Waals surface area contributed by atoms with Crippen molar-refractivity contribution in [2.45, 2.75) is 19.4 Å². The molecule has 0 aliphatic carbocycles. The fourth-order valence-corrected chi connectivity index (χ4v) is 1.70. The van der Waals surface area contributed by atoms with Gasteiger partial charge in [-0.1, -0.05) is 0 Å². The highest BCUT2D eigenvalue weighted by atomic mass is 16.2. The Balaban J connectivity index is 2.44.